The van der Waals surface area contributed by atoms with Crippen molar-refractivity contribution in [2.75, 3.05) is 25.6 Å². The van der Waals surface area contributed by atoms with Gasteiger partial charge in [-0.2, -0.15) is 9.29 Å². The van der Waals surface area contributed by atoms with E-state index in [9.17, 15) is 48.6 Å². The maximum absolute atomic E-state index is 12.8. The number of rotatable bonds is 39. The molecule has 2 rings (SSSR count). The lowest BCUT2D eigenvalue weighted by Gasteiger charge is -2.21. The SMILES string of the molecule is CC/C=C\C(O)C/C=C/C=C\C/C=C\C/C=C\CCCC(=O)OC[C@H](COP(=O)(O)OP(=O)(O)OC[C@H]1O[C@@H](n2ccc(N)nc2=O)[C@H](O)[C@@H]1O)OC(=O)CCCCCCCCCCCCC(C)CC. The van der Waals surface area contributed by atoms with Crippen LogP contribution in [0.15, 0.2) is 77.8 Å². The summed E-state index contributed by atoms with van der Waals surface area (Å²) in [5.41, 5.74) is 4.58. The smallest absolute Gasteiger partial charge is 0.462 e. The van der Waals surface area contributed by atoms with Crippen molar-refractivity contribution in [1.82, 2.24) is 9.55 Å². The molecule has 4 unspecified atom stereocenters. The Kier molecular flexibility index (Phi) is 32.5. The summed E-state index contributed by atoms with van der Waals surface area (Å²) in [7, 11) is -10.9. The number of hydrogen-bond acceptors (Lipinski definition) is 16. The number of phosphoric ester groups is 2. The topological polar surface area (TPSA) is 286 Å². The number of allylic oxidation sites excluding steroid dienone is 8. The standard InChI is InChI=1S/C49H81N3O16P2/c1-4-6-30-40(53)31-26-22-18-14-9-7-8-10-15-19-23-27-32-44(54)63-36-41(66-45(55)33-28-24-20-16-12-11-13-17-21-25-29-39(3)5-2)37-64-69(59,60)68-70(61,62)65-38-42-46(56)47(57)48(67-42)52-35-34-43(50)51-49(52)58/h6-8,14-15,18-19,22,26,30,34-35,39-42,46-48,53,56-57H,4-5,9-13,16-17,20-21,23-25,27-29,31-33,36-38H2,1-3H3,(H,59,60)(H,61,62)(H2,50,51,58)/b8-7-,18-14-,19-15-,26-22+,30-6-/t39?,40?,41-,42-,46-,47-,48-/m1/s1. The summed E-state index contributed by atoms with van der Waals surface area (Å²) in [6.45, 7) is 4.16. The molecule has 0 spiro atoms. The normalized spacial score (nSPS) is 20.7. The fourth-order valence-corrected chi connectivity index (χ4v) is 9.10. The Balaban J connectivity index is 1.84. The van der Waals surface area contributed by atoms with Crippen molar-refractivity contribution in [3.05, 3.63) is 83.5 Å². The molecular formula is C49H81N3O16P2. The molecule has 7 N–H and O–H groups in total. The molecule has 2 heterocycles. The van der Waals surface area contributed by atoms with Crippen LogP contribution in [0.3, 0.4) is 0 Å². The van der Waals surface area contributed by atoms with Gasteiger partial charge in [-0.05, 0) is 56.9 Å². The first-order valence-electron chi connectivity index (χ1n) is 24.8. The van der Waals surface area contributed by atoms with Crippen molar-refractivity contribution in [3.63, 3.8) is 0 Å². The molecule has 0 amide bonds. The minimum Gasteiger partial charge on any atom is -0.462 e. The molecule has 0 aromatic carbocycles. The van der Waals surface area contributed by atoms with Gasteiger partial charge in [-0.15, -0.1) is 0 Å². The first kappa shape index (κ1) is 62.5. The van der Waals surface area contributed by atoms with Crippen LogP contribution in [0.25, 0.3) is 0 Å². The van der Waals surface area contributed by atoms with Crippen molar-refractivity contribution < 1.29 is 71.4 Å². The molecule has 21 heteroatoms. The van der Waals surface area contributed by atoms with Crippen LogP contribution in [0.4, 0.5) is 5.82 Å². The molecule has 398 valence electrons. The third kappa shape index (κ3) is 29.1. The summed E-state index contributed by atoms with van der Waals surface area (Å²) in [4.78, 5) is 61.8. The van der Waals surface area contributed by atoms with Gasteiger partial charge in [-0.25, -0.2) is 13.9 Å². The van der Waals surface area contributed by atoms with Crippen molar-refractivity contribution >= 4 is 33.4 Å². The van der Waals surface area contributed by atoms with Crippen LogP contribution in [-0.4, -0.2) is 96.9 Å². The molecule has 0 aliphatic carbocycles. The van der Waals surface area contributed by atoms with Crippen LogP contribution in [0.1, 0.15) is 155 Å². The second kappa shape index (κ2) is 36.4. The molecule has 1 saturated heterocycles. The number of aliphatic hydroxyl groups is 3. The third-order valence-corrected chi connectivity index (χ3v) is 13.8. The van der Waals surface area contributed by atoms with E-state index in [1.807, 2.05) is 61.6 Å². The largest absolute Gasteiger partial charge is 0.481 e. The summed E-state index contributed by atoms with van der Waals surface area (Å²) >= 11 is 0. The monoisotopic (exact) mass is 1030 g/mol. The number of carbonyl (C=O) groups excluding carboxylic acids is 2. The zero-order valence-corrected chi connectivity index (χ0v) is 43.1. The molecule has 0 radical (unpaired) electrons. The van der Waals surface area contributed by atoms with Gasteiger partial charge in [0.15, 0.2) is 12.3 Å². The lowest BCUT2D eigenvalue weighted by Crippen LogP contribution is -2.36. The number of anilines is 1. The van der Waals surface area contributed by atoms with Crippen LogP contribution >= 0.6 is 15.6 Å². The van der Waals surface area contributed by atoms with Gasteiger partial charge in [0.05, 0.1) is 19.3 Å². The first-order chi connectivity index (χ1) is 33.5. The number of esters is 2. The second-order valence-corrected chi connectivity index (χ2v) is 20.4. The number of carbonyl (C=O) groups is 2. The van der Waals surface area contributed by atoms with Crippen molar-refractivity contribution in [2.45, 2.75) is 186 Å². The Bertz CT molecular complexity index is 1940. The molecule has 1 fully saturated rings. The van der Waals surface area contributed by atoms with Crippen LogP contribution in [-0.2, 0) is 46.3 Å². The van der Waals surface area contributed by atoms with E-state index in [0.717, 1.165) is 55.2 Å². The third-order valence-electron chi connectivity index (χ3n) is 11.2. The van der Waals surface area contributed by atoms with Crippen molar-refractivity contribution in [2.24, 2.45) is 5.92 Å². The van der Waals surface area contributed by atoms with Crippen LogP contribution < -0.4 is 11.4 Å². The number of nitrogens with two attached hydrogens (primary N) is 1. The fourth-order valence-electron chi connectivity index (χ4n) is 6.99. The molecule has 1 aromatic heterocycles. The molecule has 9 atom stereocenters. The summed E-state index contributed by atoms with van der Waals surface area (Å²) < 4.78 is 56.6. The van der Waals surface area contributed by atoms with Gasteiger partial charge < -0.3 is 45.1 Å². The first-order valence-corrected chi connectivity index (χ1v) is 27.8. The number of unbranched alkanes of at least 4 members (excludes halogenated alkanes) is 10. The van der Waals surface area contributed by atoms with E-state index >= 15 is 0 Å². The van der Waals surface area contributed by atoms with Crippen LogP contribution in [0.2, 0.25) is 0 Å². The molecule has 19 nitrogen and oxygen atoms in total. The Morgan fingerprint density at radius 1 is 0.814 bits per heavy atom. The molecular weight excluding hydrogens is 948 g/mol. The van der Waals surface area contributed by atoms with Crippen molar-refractivity contribution in [3.8, 4) is 0 Å². The Hall–Kier alpha value is -3.58. The number of nitrogen functional groups attached to an aromatic ring is 1. The average Bonchev–Trinajstić information content (AvgIpc) is 3.59. The molecule has 1 aliphatic rings. The summed E-state index contributed by atoms with van der Waals surface area (Å²) in [6, 6.07) is 1.24. The van der Waals surface area contributed by atoms with Crippen LogP contribution in [0.5, 0.6) is 0 Å². The zero-order chi connectivity index (χ0) is 51.6. The maximum Gasteiger partial charge on any atom is 0.481 e. The van der Waals surface area contributed by atoms with E-state index in [0.29, 0.717) is 32.1 Å². The summed E-state index contributed by atoms with van der Waals surface area (Å²) in [5.74, 6) is -0.607. The zero-order valence-electron chi connectivity index (χ0n) is 41.3. The quantitative estimate of drug-likeness (QED) is 0.0118. The summed E-state index contributed by atoms with van der Waals surface area (Å²) in [6.07, 6.45) is 29.5. The highest BCUT2D eigenvalue weighted by atomic mass is 31.3. The number of aromatic nitrogens is 2. The average molecular weight is 1030 g/mol. The number of aliphatic hydroxyl groups excluding tert-OH is 3. The molecule has 1 aliphatic heterocycles. The molecule has 70 heavy (non-hydrogen) atoms. The molecule has 0 bridgehead atoms. The fraction of sp³-hybridized carbons (Fsp3) is 0.673. The Morgan fingerprint density at radius 2 is 1.43 bits per heavy atom. The van der Waals surface area contributed by atoms with E-state index < -0.39 is 89.8 Å². The predicted octanol–water partition coefficient (Wildman–Crippen LogP) is 8.77. The van der Waals surface area contributed by atoms with E-state index in [1.54, 1.807) is 6.08 Å². The summed E-state index contributed by atoms with van der Waals surface area (Å²) in [5, 5.41) is 30.7. The van der Waals surface area contributed by atoms with Gasteiger partial charge >= 0.3 is 33.3 Å². The van der Waals surface area contributed by atoms with Gasteiger partial charge in [-0.3, -0.25) is 23.2 Å². The van der Waals surface area contributed by atoms with Gasteiger partial charge in [-0.1, -0.05) is 152 Å². The van der Waals surface area contributed by atoms with E-state index in [4.69, 9.17) is 29.0 Å². The molecule has 0 saturated carbocycles. The van der Waals surface area contributed by atoms with E-state index in [1.165, 1.54) is 51.0 Å². The van der Waals surface area contributed by atoms with Gasteiger partial charge in [0.1, 0.15) is 30.7 Å². The number of phosphoric acid groups is 2. The highest BCUT2D eigenvalue weighted by Crippen LogP contribution is 2.60. The van der Waals surface area contributed by atoms with Gasteiger partial charge in [0, 0.05) is 19.0 Å². The molecule has 1 aromatic rings. The number of hydrogen-bond donors (Lipinski definition) is 6. The lowest BCUT2D eigenvalue weighted by atomic mass is 9.99. The van der Waals surface area contributed by atoms with E-state index in [-0.39, 0.29) is 18.7 Å². The highest BCUT2D eigenvalue weighted by Gasteiger charge is 2.46. The van der Waals surface area contributed by atoms with E-state index in [2.05, 4.69) is 23.1 Å². The number of nitrogens with zero attached hydrogens (tertiary/aromatic N) is 2. The lowest BCUT2D eigenvalue weighted by molar-refractivity contribution is -0.161. The van der Waals surface area contributed by atoms with Crippen LogP contribution in [0, 0.1) is 5.92 Å². The minimum absolute atomic E-state index is 0.0283. The Morgan fingerprint density at radius 3 is 2.10 bits per heavy atom. The van der Waals surface area contributed by atoms with Gasteiger partial charge in [0.25, 0.3) is 0 Å². The highest BCUT2D eigenvalue weighted by molar-refractivity contribution is 7.61. The van der Waals surface area contributed by atoms with Gasteiger partial charge in [0.2, 0.25) is 0 Å². The predicted molar refractivity (Wildman–Crippen MR) is 267 cm³/mol. The minimum atomic E-state index is -5.44. The Labute approximate surface area is 414 Å². The number of ether oxygens (including phenoxy) is 3. The van der Waals surface area contributed by atoms with Crippen molar-refractivity contribution in [1.29, 1.82) is 0 Å². The second-order valence-electron chi connectivity index (χ2n) is 17.4. The maximum atomic E-state index is 12.8.